The van der Waals surface area contributed by atoms with Gasteiger partial charge < -0.3 is 10.4 Å². The van der Waals surface area contributed by atoms with Gasteiger partial charge >= 0.3 is 0 Å². The van der Waals surface area contributed by atoms with Crippen LogP contribution in [0, 0.1) is 12.8 Å². The van der Waals surface area contributed by atoms with E-state index in [-0.39, 0.29) is 36.5 Å². The number of H-pyrrole nitrogens is 1. The normalized spacial score (nSPS) is 13.9. The van der Waals surface area contributed by atoms with Crippen molar-refractivity contribution in [3.63, 3.8) is 0 Å². The second kappa shape index (κ2) is 7.36. The van der Waals surface area contributed by atoms with Gasteiger partial charge in [0.05, 0.1) is 18.3 Å². The first-order valence-electron chi connectivity index (χ1n) is 7.79. The van der Waals surface area contributed by atoms with Crippen LogP contribution in [0.4, 0.5) is 0 Å². The number of aromatic amines is 1. The number of rotatable bonds is 7. The average Bonchev–Trinajstić information content (AvgIpc) is 3.00. The molecule has 0 unspecified atom stereocenters. The van der Waals surface area contributed by atoms with Crippen LogP contribution in [-0.4, -0.2) is 43.2 Å². The molecule has 2 atom stereocenters. The lowest BCUT2D eigenvalue weighted by Gasteiger charge is -2.22. The highest BCUT2D eigenvalue weighted by atomic mass is 16.3. The quantitative estimate of drug-likeness (QED) is 0.673. The second-order valence-electron chi connectivity index (χ2n) is 5.75. The summed E-state index contributed by atoms with van der Waals surface area (Å²) in [6.07, 6.45) is 2.74. The topological polar surface area (TPSA) is 112 Å². The summed E-state index contributed by atoms with van der Waals surface area (Å²) in [6.45, 7) is 5.63. The molecule has 2 heterocycles. The number of hydrogen-bond acceptors (Lipinski definition) is 5. The molecular weight excluding hydrogens is 298 g/mol. The van der Waals surface area contributed by atoms with Crippen LogP contribution in [0.5, 0.6) is 0 Å². The first kappa shape index (κ1) is 17.1. The Morgan fingerprint density at radius 2 is 2.26 bits per heavy atom. The van der Waals surface area contributed by atoms with Crippen LogP contribution in [0.3, 0.4) is 0 Å². The summed E-state index contributed by atoms with van der Waals surface area (Å²) in [5, 5.41) is 14.9. The number of nitrogens with one attached hydrogen (secondary N) is 2. The lowest BCUT2D eigenvalue weighted by molar-refractivity contribution is -0.122. The summed E-state index contributed by atoms with van der Waals surface area (Å²) in [7, 11) is 0. The molecule has 0 radical (unpaired) electrons. The molecule has 8 heteroatoms. The predicted octanol–water partition coefficient (Wildman–Crippen LogP) is 0.182. The highest BCUT2D eigenvalue weighted by molar-refractivity contribution is 5.76. The van der Waals surface area contributed by atoms with Crippen LogP contribution >= 0.6 is 0 Å². The van der Waals surface area contributed by atoms with E-state index in [4.69, 9.17) is 0 Å². The smallest absolute Gasteiger partial charge is 0.277 e. The van der Waals surface area contributed by atoms with Crippen molar-refractivity contribution in [2.75, 3.05) is 6.61 Å². The van der Waals surface area contributed by atoms with Gasteiger partial charge in [-0.05, 0) is 19.3 Å². The minimum Gasteiger partial charge on any atom is -0.394 e. The summed E-state index contributed by atoms with van der Waals surface area (Å²) in [5.74, 6) is 0.329. The molecular formula is C15H23N5O3. The number of aliphatic hydroxyl groups excluding tert-OH is 1. The molecule has 23 heavy (non-hydrogen) atoms. The summed E-state index contributed by atoms with van der Waals surface area (Å²) < 4.78 is 1.26. The Labute approximate surface area is 133 Å². The maximum absolute atomic E-state index is 12.3. The third-order valence-electron chi connectivity index (χ3n) is 4.21. The number of aromatic nitrogens is 4. The van der Waals surface area contributed by atoms with E-state index in [0.717, 1.165) is 6.42 Å². The lowest BCUT2D eigenvalue weighted by Crippen LogP contribution is -2.42. The molecule has 0 aliphatic rings. The molecule has 3 N–H and O–H groups in total. The van der Waals surface area contributed by atoms with E-state index in [9.17, 15) is 14.7 Å². The molecule has 0 aliphatic heterocycles. The number of fused-ring (bicyclic) bond motifs is 1. The van der Waals surface area contributed by atoms with Gasteiger partial charge in [0.15, 0.2) is 0 Å². The van der Waals surface area contributed by atoms with E-state index < -0.39 is 0 Å². The Kier molecular flexibility index (Phi) is 5.49. The van der Waals surface area contributed by atoms with Gasteiger partial charge in [0.25, 0.3) is 11.3 Å². The van der Waals surface area contributed by atoms with Gasteiger partial charge in [-0.15, -0.1) is 0 Å². The van der Waals surface area contributed by atoms with E-state index in [0.29, 0.717) is 23.5 Å². The van der Waals surface area contributed by atoms with E-state index in [1.807, 2.05) is 13.8 Å². The molecule has 126 valence electrons. The van der Waals surface area contributed by atoms with Crippen molar-refractivity contribution in [1.29, 1.82) is 0 Å². The van der Waals surface area contributed by atoms with Gasteiger partial charge in [-0.25, -0.2) is 9.97 Å². The van der Waals surface area contributed by atoms with Crippen molar-refractivity contribution >= 4 is 11.7 Å². The summed E-state index contributed by atoms with van der Waals surface area (Å²) in [5.41, 5.74) is 0.833. The van der Waals surface area contributed by atoms with Crippen LogP contribution in [0.25, 0.3) is 5.78 Å². The molecule has 2 aromatic heterocycles. The van der Waals surface area contributed by atoms with E-state index in [1.165, 1.54) is 10.8 Å². The number of carbonyl (C=O) groups excluding carboxylic acids is 1. The average molecular weight is 321 g/mol. The van der Waals surface area contributed by atoms with Crippen LogP contribution in [0.2, 0.25) is 0 Å². The minimum atomic E-state index is -0.261. The Balaban J connectivity index is 2.06. The zero-order valence-electron chi connectivity index (χ0n) is 13.7. The second-order valence-corrected chi connectivity index (χ2v) is 5.75. The molecule has 0 aromatic carbocycles. The fourth-order valence-corrected chi connectivity index (χ4v) is 2.45. The molecule has 0 spiro atoms. The molecule has 8 nitrogen and oxygen atoms in total. The van der Waals surface area contributed by atoms with Crippen molar-refractivity contribution in [2.45, 2.75) is 46.1 Å². The van der Waals surface area contributed by atoms with Crippen LogP contribution in [0.15, 0.2) is 11.1 Å². The highest BCUT2D eigenvalue weighted by Crippen LogP contribution is 2.08. The van der Waals surface area contributed by atoms with Gasteiger partial charge in [0.1, 0.15) is 6.33 Å². The molecule has 0 aliphatic carbocycles. The number of carbonyl (C=O) groups is 1. The van der Waals surface area contributed by atoms with Crippen LogP contribution in [-0.2, 0) is 11.2 Å². The van der Waals surface area contributed by atoms with E-state index in [1.54, 1.807) is 6.92 Å². The van der Waals surface area contributed by atoms with Crippen LogP contribution in [0.1, 0.15) is 37.9 Å². The van der Waals surface area contributed by atoms with Crippen molar-refractivity contribution in [2.24, 2.45) is 5.92 Å². The Bertz CT molecular complexity index is 736. The third-order valence-corrected chi connectivity index (χ3v) is 4.21. The number of aryl methyl sites for hydroxylation is 1. The summed E-state index contributed by atoms with van der Waals surface area (Å²) in [4.78, 5) is 32.6. The van der Waals surface area contributed by atoms with Crippen molar-refractivity contribution in [1.82, 2.24) is 24.9 Å². The molecule has 0 fully saturated rings. The maximum Gasteiger partial charge on any atom is 0.277 e. The van der Waals surface area contributed by atoms with Crippen molar-refractivity contribution < 1.29 is 9.90 Å². The highest BCUT2D eigenvalue weighted by Gasteiger charge is 2.18. The third kappa shape index (κ3) is 3.76. The minimum absolute atomic E-state index is 0.0932. The van der Waals surface area contributed by atoms with E-state index >= 15 is 0 Å². The lowest BCUT2D eigenvalue weighted by atomic mass is 9.99. The van der Waals surface area contributed by atoms with Crippen molar-refractivity contribution in [3.05, 3.63) is 27.9 Å². The number of amides is 1. The first-order valence-corrected chi connectivity index (χ1v) is 7.79. The molecule has 1 amide bonds. The summed E-state index contributed by atoms with van der Waals surface area (Å²) >= 11 is 0. The number of nitrogens with zero attached hydrogens (tertiary/aromatic N) is 3. The van der Waals surface area contributed by atoms with E-state index in [2.05, 4.69) is 20.4 Å². The van der Waals surface area contributed by atoms with Gasteiger partial charge in [-0.2, -0.15) is 4.52 Å². The molecule has 2 rings (SSSR count). The largest absolute Gasteiger partial charge is 0.394 e. The van der Waals surface area contributed by atoms with Gasteiger partial charge in [-0.1, -0.05) is 20.3 Å². The Morgan fingerprint density at radius 1 is 1.52 bits per heavy atom. The summed E-state index contributed by atoms with van der Waals surface area (Å²) in [6, 6.07) is -0.261. The monoisotopic (exact) mass is 321 g/mol. The zero-order valence-corrected chi connectivity index (χ0v) is 13.7. The Hall–Kier alpha value is -2.22. The number of aliphatic hydroxyl groups is 1. The first-order chi connectivity index (χ1) is 11.0. The van der Waals surface area contributed by atoms with Crippen molar-refractivity contribution in [3.8, 4) is 0 Å². The molecule has 2 aromatic rings. The standard InChI is InChI=1S/C15H23N5O3/c1-4-9(2)12(7-21)19-13(22)6-5-11-10(3)18-15-16-8-17-20(15)14(11)23/h8-9,12,21H,4-7H2,1-3H3,(H,19,22)(H,16,17,18)/t9-,12+/m0/s1. The van der Waals surface area contributed by atoms with Gasteiger partial charge in [0, 0.05) is 12.0 Å². The van der Waals surface area contributed by atoms with Gasteiger partial charge in [-0.3, -0.25) is 14.7 Å². The SMILES string of the molecule is CC[C@H](C)[C@@H](CO)NC(=O)CCc1c(C)nc2nc[nH]n2c1=O. The van der Waals surface area contributed by atoms with Gasteiger partial charge in [0.2, 0.25) is 5.91 Å². The number of hydrogen-bond donors (Lipinski definition) is 3. The van der Waals surface area contributed by atoms with Crippen LogP contribution < -0.4 is 10.9 Å². The zero-order chi connectivity index (χ0) is 17.0. The Morgan fingerprint density at radius 3 is 2.91 bits per heavy atom. The fourth-order valence-electron chi connectivity index (χ4n) is 2.45. The predicted molar refractivity (Wildman–Crippen MR) is 85.1 cm³/mol. The molecule has 0 saturated heterocycles. The maximum atomic E-state index is 12.3. The fraction of sp³-hybridized carbons (Fsp3) is 0.600. The molecule has 0 bridgehead atoms. The molecule has 0 saturated carbocycles.